The number of phosphoric acid groups is 2. The van der Waals surface area contributed by atoms with Gasteiger partial charge in [0.15, 0.2) is 17.4 Å². The highest BCUT2D eigenvalue weighted by Gasteiger charge is 2.53. The SMILES string of the molecule is Cc1cn([C@@H]2O[C@@H]3COP(=O)(O)O[C@H]4C(O)[C@@H](COP(=O)(O)OC3[C@@H]2O)C[C@H]4n2cnc3c(=O)[nH]cnc32)c2ncnc(N)c12. The fourth-order valence-electron chi connectivity index (χ4n) is 6.19. The lowest BCUT2D eigenvalue weighted by molar-refractivity contribution is -0.0551. The minimum Gasteiger partial charge on any atom is -0.390 e. The molecule has 242 valence electrons. The van der Waals surface area contributed by atoms with E-state index in [2.05, 4.69) is 24.9 Å². The fraction of sp³-hybridized carbons (Fsp3) is 0.522. The van der Waals surface area contributed by atoms with Gasteiger partial charge in [-0.2, -0.15) is 0 Å². The first kappa shape index (κ1) is 30.5. The van der Waals surface area contributed by atoms with E-state index in [4.69, 9.17) is 28.6 Å². The summed E-state index contributed by atoms with van der Waals surface area (Å²) in [6, 6.07) is -0.930. The van der Waals surface area contributed by atoms with Crippen LogP contribution in [0.25, 0.3) is 22.2 Å². The maximum atomic E-state index is 13.3. The van der Waals surface area contributed by atoms with Crippen LogP contribution < -0.4 is 11.3 Å². The molecule has 45 heavy (non-hydrogen) atoms. The monoisotopic (exact) mass is 670 g/mol. The van der Waals surface area contributed by atoms with Crippen molar-refractivity contribution in [3.63, 3.8) is 0 Å². The summed E-state index contributed by atoms with van der Waals surface area (Å²) in [5.74, 6) is -0.754. The summed E-state index contributed by atoms with van der Waals surface area (Å²) in [7, 11) is -9.95. The molecule has 3 fully saturated rings. The van der Waals surface area contributed by atoms with Crippen LogP contribution in [-0.2, 0) is 32.0 Å². The van der Waals surface area contributed by atoms with Crippen LogP contribution in [0.2, 0.25) is 0 Å². The molecule has 2 aliphatic heterocycles. The molecule has 4 unspecified atom stereocenters. The number of hydrogen-bond donors (Lipinski definition) is 6. The lowest BCUT2D eigenvalue weighted by atomic mass is 10.1. The van der Waals surface area contributed by atoms with E-state index < -0.39 is 83.1 Å². The summed E-state index contributed by atoms with van der Waals surface area (Å²) in [6.07, 6.45) is -3.65. The Balaban J connectivity index is 1.21. The second-order valence-electron chi connectivity index (χ2n) is 11.0. The van der Waals surface area contributed by atoms with Crippen molar-refractivity contribution in [1.82, 2.24) is 34.1 Å². The van der Waals surface area contributed by atoms with Crippen LogP contribution in [0.1, 0.15) is 24.3 Å². The zero-order valence-electron chi connectivity index (χ0n) is 23.3. The molecule has 10 atom stereocenters. The minimum atomic E-state index is -5.00. The number of rotatable bonds is 2. The third-order valence-electron chi connectivity index (χ3n) is 8.24. The summed E-state index contributed by atoms with van der Waals surface area (Å²) < 4.78 is 56.5. The van der Waals surface area contributed by atoms with Crippen LogP contribution in [0.15, 0.2) is 30.0 Å². The van der Waals surface area contributed by atoms with Crippen molar-refractivity contribution in [3.8, 4) is 0 Å². The Morgan fingerprint density at radius 3 is 2.49 bits per heavy atom. The minimum absolute atomic E-state index is 0.0172. The summed E-state index contributed by atoms with van der Waals surface area (Å²) in [6.45, 7) is 0.417. The molecular weight excluding hydrogens is 642 g/mol. The summed E-state index contributed by atoms with van der Waals surface area (Å²) >= 11 is 0. The van der Waals surface area contributed by atoms with Gasteiger partial charge in [0.25, 0.3) is 5.56 Å². The Bertz CT molecular complexity index is 1930. The Morgan fingerprint density at radius 1 is 0.978 bits per heavy atom. The Hall–Kier alpha value is -3.13. The van der Waals surface area contributed by atoms with Crippen LogP contribution in [-0.4, -0.2) is 97.8 Å². The molecule has 7 N–H and O–H groups in total. The van der Waals surface area contributed by atoms with Gasteiger partial charge in [0.1, 0.15) is 42.2 Å². The Labute approximate surface area is 251 Å². The van der Waals surface area contributed by atoms with E-state index in [0.29, 0.717) is 16.6 Å². The van der Waals surface area contributed by atoms with Crippen molar-refractivity contribution in [3.05, 3.63) is 41.1 Å². The smallest absolute Gasteiger partial charge is 0.390 e. The highest BCUT2D eigenvalue weighted by Crippen LogP contribution is 2.55. The second-order valence-corrected chi connectivity index (χ2v) is 13.8. The van der Waals surface area contributed by atoms with Crippen LogP contribution in [0.5, 0.6) is 0 Å². The van der Waals surface area contributed by atoms with Gasteiger partial charge in [0.05, 0.1) is 43.4 Å². The zero-order chi connectivity index (χ0) is 31.8. The van der Waals surface area contributed by atoms with E-state index in [1.54, 1.807) is 13.1 Å². The summed E-state index contributed by atoms with van der Waals surface area (Å²) in [4.78, 5) is 52.4. The number of aromatic nitrogens is 7. The number of anilines is 1. The van der Waals surface area contributed by atoms with Crippen molar-refractivity contribution in [2.75, 3.05) is 18.9 Å². The average molecular weight is 670 g/mol. The number of aromatic amines is 1. The van der Waals surface area contributed by atoms with Crippen molar-refractivity contribution < 1.29 is 52.0 Å². The predicted octanol–water partition coefficient (Wildman–Crippen LogP) is -0.347. The number of imidazole rings is 1. The molecule has 6 heterocycles. The maximum absolute atomic E-state index is 13.3. The van der Waals surface area contributed by atoms with Gasteiger partial charge in [0, 0.05) is 12.1 Å². The standard InChI is InChI=1S/C23H28N8O12P2/c1-9-3-30(20-13(9)19(24)25-6-26-20)23-16(33)18-12(41-23)5-40-45(37,38)42-17-11(2-10(15(17)32)4-39-44(35,36)43-18)31-8-29-14-21(31)27-7-28-22(14)34/h3,6-8,10-12,15-18,23,32-33H,2,4-5H2,1H3,(H,35,36)(H,37,38)(H2,24,25,26)(H,27,28,34)/t10-,11-,12-,15?,16+,17-,18?,23-/m1/s1. The van der Waals surface area contributed by atoms with Crippen LogP contribution in [0.4, 0.5) is 5.82 Å². The molecule has 2 bridgehead atoms. The van der Waals surface area contributed by atoms with E-state index in [9.17, 15) is 33.9 Å². The third kappa shape index (κ3) is 5.31. The van der Waals surface area contributed by atoms with Gasteiger partial charge in [-0.3, -0.25) is 22.9 Å². The predicted molar refractivity (Wildman–Crippen MR) is 149 cm³/mol. The lowest BCUT2D eigenvalue weighted by Crippen LogP contribution is -2.36. The highest BCUT2D eigenvalue weighted by molar-refractivity contribution is 7.47. The molecule has 1 saturated carbocycles. The largest absolute Gasteiger partial charge is 0.472 e. The zero-order valence-corrected chi connectivity index (χ0v) is 25.0. The molecule has 0 aromatic carbocycles. The maximum Gasteiger partial charge on any atom is 0.472 e. The molecule has 4 aromatic rings. The molecule has 1 aliphatic carbocycles. The number of nitrogens with zero attached hydrogens (tertiary/aromatic N) is 6. The van der Waals surface area contributed by atoms with E-state index in [1.807, 2.05) is 0 Å². The number of hydrogen-bond acceptors (Lipinski definition) is 15. The molecular formula is C23H28N8O12P2. The molecule has 4 aromatic heterocycles. The molecule has 20 nitrogen and oxygen atoms in total. The van der Waals surface area contributed by atoms with Gasteiger partial charge in [-0.25, -0.2) is 29.1 Å². The fourth-order valence-corrected chi connectivity index (χ4v) is 8.17. The quantitative estimate of drug-likeness (QED) is 0.149. The number of aliphatic hydroxyl groups is 2. The second kappa shape index (κ2) is 11.0. The highest BCUT2D eigenvalue weighted by atomic mass is 31.2. The van der Waals surface area contributed by atoms with Gasteiger partial charge in [0.2, 0.25) is 0 Å². The number of aryl methyl sites for hydroxylation is 1. The number of aliphatic hydroxyl groups excluding tert-OH is 2. The van der Waals surface area contributed by atoms with E-state index in [-0.39, 0.29) is 23.4 Å². The van der Waals surface area contributed by atoms with Crippen molar-refractivity contribution in [1.29, 1.82) is 0 Å². The molecule has 2 saturated heterocycles. The van der Waals surface area contributed by atoms with Gasteiger partial charge < -0.3 is 44.6 Å². The topological polar surface area (TPSA) is 282 Å². The van der Waals surface area contributed by atoms with Crippen LogP contribution in [0, 0.1) is 12.8 Å². The normalized spacial score (nSPS) is 37.7. The molecule has 0 amide bonds. The van der Waals surface area contributed by atoms with Gasteiger partial charge in [-0.1, -0.05) is 0 Å². The first-order valence-electron chi connectivity index (χ1n) is 13.6. The summed E-state index contributed by atoms with van der Waals surface area (Å²) in [5.41, 5.74) is 6.50. The molecule has 3 aliphatic rings. The lowest BCUT2D eigenvalue weighted by Gasteiger charge is -2.26. The molecule has 0 radical (unpaired) electrons. The molecule has 22 heteroatoms. The van der Waals surface area contributed by atoms with Crippen molar-refractivity contribution in [2.24, 2.45) is 5.92 Å². The van der Waals surface area contributed by atoms with Gasteiger partial charge in [-0.05, 0) is 18.9 Å². The first-order valence-corrected chi connectivity index (χ1v) is 16.6. The number of nitrogens with one attached hydrogen (secondary N) is 1. The number of nitrogen functional groups attached to an aromatic ring is 1. The van der Waals surface area contributed by atoms with Crippen LogP contribution in [0.3, 0.4) is 0 Å². The van der Waals surface area contributed by atoms with Crippen LogP contribution >= 0.6 is 15.6 Å². The van der Waals surface area contributed by atoms with Gasteiger partial charge in [-0.15, -0.1) is 0 Å². The Morgan fingerprint density at radius 2 is 1.71 bits per heavy atom. The Kier molecular flexibility index (Phi) is 7.46. The number of phosphoric ester groups is 2. The van der Waals surface area contributed by atoms with E-state index >= 15 is 0 Å². The van der Waals surface area contributed by atoms with Gasteiger partial charge >= 0.3 is 15.6 Å². The molecule has 0 spiro atoms. The third-order valence-corrected chi connectivity index (χ3v) is 10.2. The molecule has 7 rings (SSSR count). The first-order chi connectivity index (χ1) is 21.3. The van der Waals surface area contributed by atoms with E-state index in [0.717, 1.165) is 6.33 Å². The number of nitrogens with two attached hydrogens (primary N) is 1. The van der Waals surface area contributed by atoms with E-state index in [1.165, 1.54) is 21.8 Å². The summed E-state index contributed by atoms with van der Waals surface area (Å²) in [5, 5.41) is 22.9. The number of ether oxygens (including phenoxy) is 1. The average Bonchev–Trinajstić information content (AvgIpc) is 3.71. The van der Waals surface area contributed by atoms with Crippen molar-refractivity contribution >= 4 is 43.7 Å². The van der Waals surface area contributed by atoms with Crippen molar-refractivity contribution in [2.45, 2.75) is 56.1 Å². The number of H-pyrrole nitrogens is 1. The number of fused-ring (bicyclic) bond motifs is 5.